The van der Waals surface area contributed by atoms with Gasteiger partial charge in [-0.15, -0.1) is 11.3 Å². The third-order valence-electron chi connectivity index (χ3n) is 5.55. The summed E-state index contributed by atoms with van der Waals surface area (Å²) in [6, 6.07) is 23.0. The molecule has 3 aromatic rings. The van der Waals surface area contributed by atoms with Gasteiger partial charge in [0.2, 0.25) is 15.9 Å². The highest BCUT2D eigenvalue weighted by atomic mass is 32.2. The van der Waals surface area contributed by atoms with Crippen LogP contribution in [0.1, 0.15) is 22.0 Å². The summed E-state index contributed by atoms with van der Waals surface area (Å²) >= 11 is 1.62. The van der Waals surface area contributed by atoms with Gasteiger partial charge in [-0.2, -0.15) is 4.31 Å². The van der Waals surface area contributed by atoms with Gasteiger partial charge in [-0.3, -0.25) is 9.69 Å². The lowest BCUT2D eigenvalue weighted by molar-refractivity contribution is -0.123. The molecule has 1 saturated heterocycles. The van der Waals surface area contributed by atoms with E-state index in [2.05, 4.69) is 5.32 Å². The molecular weight excluding hydrogens is 442 g/mol. The summed E-state index contributed by atoms with van der Waals surface area (Å²) in [5.74, 6) is -0.0543. The van der Waals surface area contributed by atoms with Crippen molar-refractivity contribution in [2.45, 2.75) is 11.8 Å². The molecule has 0 spiro atoms. The summed E-state index contributed by atoms with van der Waals surface area (Å²) in [5, 5.41) is 5.16. The van der Waals surface area contributed by atoms with Gasteiger partial charge in [0, 0.05) is 31.1 Å². The topological polar surface area (TPSA) is 69.7 Å². The number of sulfonamides is 1. The minimum Gasteiger partial charge on any atom is -0.343 e. The standard InChI is InChI=1S/C24H27N3O3S2/c28-23(25-24(22-12-7-17-31-22)21-10-5-2-6-11-21)18-26-13-15-27(16-14-26)32(29,30)19-20-8-3-1-4-9-20/h1-12,17,24H,13-16,18-19H2,(H,25,28)/t24-/m0/s1. The van der Waals surface area contributed by atoms with Gasteiger partial charge in [-0.1, -0.05) is 66.7 Å². The average Bonchev–Trinajstić information content (AvgIpc) is 3.33. The van der Waals surface area contributed by atoms with Crippen LogP contribution in [-0.4, -0.2) is 56.3 Å². The second kappa shape index (κ2) is 10.4. The summed E-state index contributed by atoms with van der Waals surface area (Å²) in [6.45, 7) is 2.12. The Bertz CT molecular complexity index is 1100. The fourth-order valence-corrected chi connectivity index (χ4v) is 6.19. The zero-order chi connectivity index (χ0) is 22.4. The molecule has 0 bridgehead atoms. The number of rotatable bonds is 8. The quantitative estimate of drug-likeness (QED) is 0.550. The average molecular weight is 470 g/mol. The van der Waals surface area contributed by atoms with E-state index in [9.17, 15) is 13.2 Å². The molecule has 4 rings (SSSR count). The van der Waals surface area contributed by atoms with E-state index in [4.69, 9.17) is 0 Å². The Morgan fingerprint density at radius 1 is 0.906 bits per heavy atom. The Morgan fingerprint density at radius 3 is 2.19 bits per heavy atom. The number of carbonyl (C=O) groups is 1. The number of hydrogen-bond donors (Lipinski definition) is 1. The number of amides is 1. The van der Waals surface area contributed by atoms with Crippen molar-refractivity contribution >= 4 is 27.3 Å². The van der Waals surface area contributed by atoms with Crippen molar-refractivity contribution in [1.82, 2.24) is 14.5 Å². The second-order valence-electron chi connectivity index (χ2n) is 7.84. The first kappa shape index (κ1) is 22.7. The molecule has 1 aromatic heterocycles. The van der Waals surface area contributed by atoms with Gasteiger partial charge in [0.15, 0.2) is 0 Å². The zero-order valence-corrected chi connectivity index (χ0v) is 19.4. The van der Waals surface area contributed by atoms with Gasteiger partial charge >= 0.3 is 0 Å². The summed E-state index contributed by atoms with van der Waals surface area (Å²) in [7, 11) is -3.37. The van der Waals surface area contributed by atoms with Crippen LogP contribution in [-0.2, 0) is 20.6 Å². The Kier molecular flexibility index (Phi) is 7.36. The van der Waals surface area contributed by atoms with Gasteiger partial charge in [0.25, 0.3) is 0 Å². The minimum atomic E-state index is -3.37. The molecular formula is C24H27N3O3S2. The predicted octanol–water partition coefficient (Wildman–Crippen LogP) is 3.10. The molecule has 2 aromatic carbocycles. The Hall–Kier alpha value is -2.52. The van der Waals surface area contributed by atoms with Crippen LogP contribution in [0.3, 0.4) is 0 Å². The molecule has 8 heteroatoms. The maximum absolute atomic E-state index is 12.8. The van der Waals surface area contributed by atoms with E-state index in [0.29, 0.717) is 26.2 Å². The molecule has 32 heavy (non-hydrogen) atoms. The molecule has 1 aliphatic heterocycles. The number of hydrogen-bond acceptors (Lipinski definition) is 5. The van der Waals surface area contributed by atoms with Gasteiger partial charge in [0.05, 0.1) is 18.3 Å². The minimum absolute atomic E-state index is 0.00783. The number of carbonyl (C=O) groups excluding carboxylic acids is 1. The van der Waals surface area contributed by atoms with E-state index >= 15 is 0 Å². The molecule has 6 nitrogen and oxygen atoms in total. The summed E-state index contributed by atoms with van der Waals surface area (Å²) < 4.78 is 27.0. The highest BCUT2D eigenvalue weighted by molar-refractivity contribution is 7.88. The molecule has 0 aliphatic carbocycles. The summed E-state index contributed by atoms with van der Waals surface area (Å²) in [4.78, 5) is 15.9. The van der Waals surface area contributed by atoms with Gasteiger partial charge in [-0.25, -0.2) is 8.42 Å². The predicted molar refractivity (Wildman–Crippen MR) is 128 cm³/mol. The fraction of sp³-hybridized carbons (Fsp3) is 0.292. The molecule has 2 heterocycles. The first-order chi connectivity index (χ1) is 15.5. The van der Waals surface area contributed by atoms with Crippen molar-refractivity contribution in [3.8, 4) is 0 Å². The molecule has 1 amide bonds. The largest absolute Gasteiger partial charge is 0.343 e. The van der Waals surface area contributed by atoms with Crippen molar-refractivity contribution < 1.29 is 13.2 Å². The highest BCUT2D eigenvalue weighted by Gasteiger charge is 2.28. The smallest absolute Gasteiger partial charge is 0.234 e. The van der Waals surface area contributed by atoms with Crippen LogP contribution in [0.25, 0.3) is 0 Å². The third-order valence-corrected chi connectivity index (χ3v) is 8.34. The molecule has 0 saturated carbocycles. The van der Waals surface area contributed by atoms with E-state index in [-0.39, 0.29) is 24.2 Å². The third kappa shape index (κ3) is 5.83. The SMILES string of the molecule is O=C(CN1CCN(S(=O)(=O)Cc2ccccc2)CC1)N[C@@H](c1ccccc1)c1cccs1. The van der Waals surface area contributed by atoms with Crippen molar-refractivity contribution in [2.75, 3.05) is 32.7 Å². The first-order valence-electron chi connectivity index (χ1n) is 10.6. The molecule has 168 valence electrons. The summed E-state index contributed by atoms with van der Waals surface area (Å²) in [6.07, 6.45) is 0. The molecule has 1 fully saturated rings. The maximum Gasteiger partial charge on any atom is 0.234 e. The van der Waals surface area contributed by atoms with Crippen LogP contribution in [0.15, 0.2) is 78.2 Å². The number of nitrogens with zero attached hydrogens (tertiary/aromatic N) is 2. The van der Waals surface area contributed by atoms with Gasteiger partial charge in [-0.05, 0) is 22.6 Å². The molecule has 1 N–H and O–H groups in total. The molecule has 1 aliphatic rings. The second-order valence-corrected chi connectivity index (χ2v) is 10.8. The van der Waals surface area contributed by atoms with E-state index in [1.807, 2.05) is 83.1 Å². The van der Waals surface area contributed by atoms with Gasteiger partial charge in [0.1, 0.15) is 0 Å². The fourth-order valence-electron chi connectivity index (χ4n) is 3.87. The lowest BCUT2D eigenvalue weighted by Gasteiger charge is -2.33. The van der Waals surface area contributed by atoms with Crippen LogP contribution >= 0.6 is 11.3 Å². The van der Waals surface area contributed by atoms with E-state index in [1.165, 1.54) is 4.31 Å². The zero-order valence-electron chi connectivity index (χ0n) is 17.8. The molecule has 0 radical (unpaired) electrons. The first-order valence-corrected chi connectivity index (χ1v) is 13.1. The van der Waals surface area contributed by atoms with Crippen molar-refractivity contribution in [3.05, 3.63) is 94.2 Å². The lowest BCUT2D eigenvalue weighted by atomic mass is 10.1. The van der Waals surface area contributed by atoms with E-state index in [0.717, 1.165) is 16.0 Å². The van der Waals surface area contributed by atoms with Crippen molar-refractivity contribution in [2.24, 2.45) is 0 Å². The van der Waals surface area contributed by atoms with Crippen molar-refractivity contribution in [3.63, 3.8) is 0 Å². The lowest BCUT2D eigenvalue weighted by Crippen LogP contribution is -2.51. The summed E-state index contributed by atoms with van der Waals surface area (Å²) in [5.41, 5.74) is 1.83. The van der Waals surface area contributed by atoms with Crippen LogP contribution in [0.4, 0.5) is 0 Å². The van der Waals surface area contributed by atoms with Crippen LogP contribution in [0.2, 0.25) is 0 Å². The van der Waals surface area contributed by atoms with Crippen LogP contribution in [0.5, 0.6) is 0 Å². The number of piperazine rings is 1. The monoisotopic (exact) mass is 469 g/mol. The molecule has 1 atom stereocenters. The Balaban J connectivity index is 1.32. The number of nitrogens with one attached hydrogen (secondary N) is 1. The number of benzene rings is 2. The van der Waals surface area contributed by atoms with Gasteiger partial charge < -0.3 is 5.32 Å². The highest BCUT2D eigenvalue weighted by Crippen LogP contribution is 2.26. The van der Waals surface area contributed by atoms with E-state index in [1.54, 1.807) is 11.3 Å². The Morgan fingerprint density at radius 2 is 1.56 bits per heavy atom. The normalized spacial score (nSPS) is 16.5. The van der Waals surface area contributed by atoms with Crippen molar-refractivity contribution in [1.29, 1.82) is 0 Å². The van der Waals surface area contributed by atoms with Crippen LogP contribution < -0.4 is 5.32 Å². The Labute approximate surface area is 193 Å². The van der Waals surface area contributed by atoms with Crippen LogP contribution in [0, 0.1) is 0 Å². The van der Waals surface area contributed by atoms with E-state index < -0.39 is 10.0 Å². The maximum atomic E-state index is 12.8. The number of thiophene rings is 1. The molecule has 0 unspecified atom stereocenters.